The van der Waals surface area contributed by atoms with Crippen LogP contribution in [0, 0.1) is 24.7 Å². The number of benzene rings is 4. The van der Waals surface area contributed by atoms with E-state index in [1.165, 1.54) is 0 Å². The van der Waals surface area contributed by atoms with Crippen molar-refractivity contribution < 1.29 is 9.59 Å². The molecule has 6 heteroatoms. The number of amides is 2. The van der Waals surface area contributed by atoms with Crippen LogP contribution in [-0.4, -0.2) is 34.4 Å². The van der Waals surface area contributed by atoms with Gasteiger partial charge in [-0.15, -0.1) is 0 Å². The normalized spacial score (nSPS) is 18.5. The molecule has 6 aromatic rings. The molecule has 1 aliphatic rings. The Labute approximate surface area is 294 Å². The van der Waals surface area contributed by atoms with Crippen LogP contribution in [0.4, 0.5) is 0 Å². The number of nitrogens with one attached hydrogen (secondary N) is 2. The van der Waals surface area contributed by atoms with E-state index in [0.717, 1.165) is 74.7 Å². The van der Waals surface area contributed by atoms with Crippen molar-refractivity contribution in [2.45, 2.75) is 59.9 Å². The number of fused-ring (bicyclic) bond motifs is 2. The van der Waals surface area contributed by atoms with Crippen molar-refractivity contribution in [3.8, 4) is 22.5 Å². The van der Waals surface area contributed by atoms with Gasteiger partial charge in [0.15, 0.2) is 0 Å². The second kappa shape index (κ2) is 13.2. The van der Waals surface area contributed by atoms with Crippen molar-refractivity contribution >= 4 is 33.6 Å². The minimum Gasteiger partial charge on any atom is -0.351 e. The van der Waals surface area contributed by atoms with Crippen LogP contribution in [0.5, 0.6) is 0 Å². The monoisotopic (exact) mass is 660 g/mol. The number of pyridine rings is 2. The lowest BCUT2D eigenvalue weighted by Crippen LogP contribution is -2.50. The molecule has 2 N–H and O–H groups in total. The zero-order valence-corrected chi connectivity index (χ0v) is 29.5. The first-order valence-corrected chi connectivity index (χ1v) is 17.5. The molecule has 1 saturated carbocycles. The molecule has 1 aliphatic carbocycles. The number of para-hydroxylation sites is 2. The van der Waals surface area contributed by atoms with Crippen molar-refractivity contribution in [3.05, 3.63) is 131 Å². The summed E-state index contributed by atoms with van der Waals surface area (Å²) in [6, 6.07) is 35.7. The standard InChI is InChI=1S/C44H44N4O2/c1-28-14-6-8-16-31(28)39-22-35(33-18-10-12-20-37(33)47-39)41(49)45-27-44(5)25-30(24-43(3,4)26-44)46-42(50)36-23-40(32-17-9-7-15-29(32)2)48-38-21-13-11-19-34(36)38/h6-23,30H,24-27H2,1-5H3,(H,45,49)(H,46,50)/t30-,44+/m1/s1. The van der Waals surface area contributed by atoms with E-state index in [1.54, 1.807) is 0 Å². The Balaban J connectivity index is 1.13. The van der Waals surface area contributed by atoms with Gasteiger partial charge in [-0.1, -0.05) is 106 Å². The first-order chi connectivity index (χ1) is 24.0. The molecule has 1 fully saturated rings. The lowest BCUT2D eigenvalue weighted by atomic mass is 9.62. The van der Waals surface area contributed by atoms with Crippen molar-refractivity contribution in [3.63, 3.8) is 0 Å². The first kappa shape index (κ1) is 33.2. The fourth-order valence-corrected chi connectivity index (χ4v) is 8.25. The van der Waals surface area contributed by atoms with E-state index >= 15 is 0 Å². The van der Waals surface area contributed by atoms with Gasteiger partial charge < -0.3 is 10.6 Å². The molecule has 50 heavy (non-hydrogen) atoms. The topological polar surface area (TPSA) is 84.0 Å². The fourth-order valence-electron chi connectivity index (χ4n) is 8.25. The summed E-state index contributed by atoms with van der Waals surface area (Å²) in [5, 5.41) is 8.39. The predicted octanol–water partition coefficient (Wildman–Crippen LogP) is 9.48. The Bertz CT molecular complexity index is 2260. The third-order valence-electron chi connectivity index (χ3n) is 10.2. The van der Waals surface area contributed by atoms with Gasteiger partial charge in [-0.05, 0) is 79.3 Å². The van der Waals surface area contributed by atoms with Crippen molar-refractivity contribution in [1.82, 2.24) is 20.6 Å². The molecule has 2 amide bonds. The summed E-state index contributed by atoms with van der Waals surface area (Å²) in [4.78, 5) is 38.0. The van der Waals surface area contributed by atoms with E-state index in [9.17, 15) is 9.59 Å². The number of aromatic nitrogens is 2. The van der Waals surface area contributed by atoms with Crippen LogP contribution in [0.1, 0.15) is 71.9 Å². The number of hydrogen-bond donors (Lipinski definition) is 2. The average Bonchev–Trinajstić information content (AvgIpc) is 3.09. The summed E-state index contributed by atoms with van der Waals surface area (Å²) in [6.45, 7) is 11.4. The van der Waals surface area contributed by atoms with Crippen LogP contribution < -0.4 is 10.6 Å². The Hall–Kier alpha value is -5.36. The molecule has 6 nitrogen and oxygen atoms in total. The summed E-state index contributed by atoms with van der Waals surface area (Å²) in [5.74, 6) is -0.213. The summed E-state index contributed by atoms with van der Waals surface area (Å²) in [6.07, 6.45) is 2.53. The highest BCUT2D eigenvalue weighted by molar-refractivity contribution is 6.08. The molecule has 0 unspecified atom stereocenters. The summed E-state index contributed by atoms with van der Waals surface area (Å²) < 4.78 is 0. The second-order valence-corrected chi connectivity index (χ2v) is 15.2. The Kier molecular flexibility index (Phi) is 8.73. The SMILES string of the molecule is Cc1ccccc1-c1cc(C(=O)NC[C@@]2(C)C[C@H](NC(=O)c3cc(-c4ccccc4C)nc4ccccc34)CC(C)(C)C2)c2ccccc2n1. The van der Waals surface area contributed by atoms with Gasteiger partial charge in [0, 0.05) is 34.5 Å². The van der Waals surface area contributed by atoms with Gasteiger partial charge in [0.25, 0.3) is 11.8 Å². The van der Waals surface area contributed by atoms with E-state index in [4.69, 9.17) is 9.97 Å². The van der Waals surface area contributed by atoms with E-state index in [0.29, 0.717) is 17.7 Å². The Morgan fingerprint density at radius 1 is 0.660 bits per heavy atom. The Morgan fingerprint density at radius 3 is 1.68 bits per heavy atom. The highest BCUT2D eigenvalue weighted by atomic mass is 16.2. The fraction of sp³-hybridized carbons (Fsp3) is 0.273. The molecule has 0 spiro atoms. The van der Waals surface area contributed by atoms with Gasteiger partial charge >= 0.3 is 0 Å². The van der Waals surface area contributed by atoms with Crippen molar-refractivity contribution in [2.24, 2.45) is 10.8 Å². The highest BCUT2D eigenvalue weighted by Gasteiger charge is 2.42. The first-order valence-electron chi connectivity index (χ1n) is 17.5. The van der Waals surface area contributed by atoms with Crippen LogP contribution in [0.3, 0.4) is 0 Å². The molecular weight excluding hydrogens is 617 g/mol. The lowest BCUT2D eigenvalue weighted by molar-refractivity contribution is 0.0593. The molecular formula is C44H44N4O2. The number of carbonyl (C=O) groups excluding carboxylic acids is 2. The molecule has 252 valence electrons. The molecule has 0 radical (unpaired) electrons. The number of rotatable bonds is 7. The number of hydrogen-bond acceptors (Lipinski definition) is 4. The molecule has 0 saturated heterocycles. The van der Waals surface area contributed by atoms with Gasteiger partial charge in [0.1, 0.15) is 0 Å². The number of carbonyl (C=O) groups is 2. The van der Waals surface area contributed by atoms with E-state index in [1.807, 2.05) is 91.0 Å². The van der Waals surface area contributed by atoms with Gasteiger partial charge in [0.2, 0.25) is 0 Å². The Morgan fingerprint density at radius 2 is 1.14 bits per heavy atom. The van der Waals surface area contributed by atoms with Crippen LogP contribution in [0.25, 0.3) is 44.3 Å². The van der Waals surface area contributed by atoms with Gasteiger partial charge in [-0.3, -0.25) is 9.59 Å². The smallest absolute Gasteiger partial charge is 0.252 e. The molecule has 2 aromatic heterocycles. The number of aryl methyl sites for hydroxylation is 2. The highest BCUT2D eigenvalue weighted by Crippen LogP contribution is 2.46. The second-order valence-electron chi connectivity index (χ2n) is 15.2. The van der Waals surface area contributed by atoms with E-state index in [2.05, 4.69) is 63.5 Å². The largest absolute Gasteiger partial charge is 0.351 e. The maximum Gasteiger partial charge on any atom is 0.252 e. The molecule has 2 heterocycles. The van der Waals surface area contributed by atoms with Crippen LogP contribution in [0.2, 0.25) is 0 Å². The maximum atomic E-state index is 14.2. The molecule has 0 bridgehead atoms. The van der Waals surface area contributed by atoms with Crippen LogP contribution in [0.15, 0.2) is 109 Å². The predicted molar refractivity (Wildman–Crippen MR) is 203 cm³/mol. The van der Waals surface area contributed by atoms with Crippen LogP contribution in [-0.2, 0) is 0 Å². The molecule has 0 aliphatic heterocycles. The van der Waals surface area contributed by atoms with Crippen molar-refractivity contribution in [2.75, 3.05) is 6.54 Å². The molecule has 2 atom stereocenters. The number of nitrogens with zero attached hydrogens (tertiary/aromatic N) is 2. The lowest BCUT2D eigenvalue weighted by Gasteiger charge is -2.47. The maximum absolute atomic E-state index is 14.2. The summed E-state index contributed by atoms with van der Waals surface area (Å²) in [7, 11) is 0. The van der Waals surface area contributed by atoms with E-state index in [-0.39, 0.29) is 28.7 Å². The van der Waals surface area contributed by atoms with E-state index < -0.39 is 0 Å². The zero-order valence-electron chi connectivity index (χ0n) is 29.5. The minimum atomic E-state index is -0.232. The summed E-state index contributed by atoms with van der Waals surface area (Å²) in [5.41, 5.74) is 8.39. The third-order valence-corrected chi connectivity index (χ3v) is 10.2. The molecule has 4 aromatic carbocycles. The van der Waals surface area contributed by atoms with Gasteiger partial charge in [-0.2, -0.15) is 0 Å². The summed E-state index contributed by atoms with van der Waals surface area (Å²) >= 11 is 0. The quantitative estimate of drug-likeness (QED) is 0.179. The minimum absolute atomic E-state index is 0.0380. The van der Waals surface area contributed by atoms with Crippen LogP contribution >= 0.6 is 0 Å². The molecule has 7 rings (SSSR count). The zero-order chi connectivity index (χ0) is 35.0. The third kappa shape index (κ3) is 6.75. The average molecular weight is 661 g/mol. The van der Waals surface area contributed by atoms with Gasteiger partial charge in [0.05, 0.1) is 33.5 Å². The van der Waals surface area contributed by atoms with Crippen molar-refractivity contribution in [1.29, 1.82) is 0 Å². The van der Waals surface area contributed by atoms with Gasteiger partial charge in [-0.25, -0.2) is 9.97 Å².